The predicted octanol–water partition coefficient (Wildman–Crippen LogP) is 2.20. The molecule has 0 bridgehead atoms. The Kier molecular flexibility index (Phi) is 4.82. The zero-order chi connectivity index (χ0) is 13.7. The molecule has 2 N–H and O–H groups in total. The fourth-order valence-corrected chi connectivity index (χ4v) is 2.12. The third-order valence-corrected chi connectivity index (χ3v) is 3.18. The monoisotopic (exact) mass is 279 g/mol. The molecule has 0 saturated heterocycles. The number of aryl methyl sites for hydroxylation is 1. The van der Waals surface area contributed by atoms with Crippen molar-refractivity contribution in [3.05, 3.63) is 47.0 Å². The standard InChI is InChI=1S/C14H18ClN3O/c1-18-8-7-17-14(18)5-9-19-13-3-2-12(15)10-11(13)4-6-16/h2-3,7-8,10H,4-6,9,16H2,1H3. The van der Waals surface area contributed by atoms with Crippen molar-refractivity contribution >= 4 is 11.6 Å². The average Bonchev–Trinajstić information content (AvgIpc) is 2.78. The summed E-state index contributed by atoms with van der Waals surface area (Å²) in [5, 5.41) is 0.708. The Hall–Kier alpha value is -1.52. The van der Waals surface area contributed by atoms with Crippen molar-refractivity contribution in [2.45, 2.75) is 12.8 Å². The molecule has 0 aliphatic rings. The predicted molar refractivity (Wildman–Crippen MR) is 76.6 cm³/mol. The largest absolute Gasteiger partial charge is 0.493 e. The lowest BCUT2D eigenvalue weighted by Crippen LogP contribution is -2.09. The van der Waals surface area contributed by atoms with Gasteiger partial charge in [-0.15, -0.1) is 0 Å². The first-order valence-electron chi connectivity index (χ1n) is 6.28. The summed E-state index contributed by atoms with van der Waals surface area (Å²) in [5.41, 5.74) is 6.64. The van der Waals surface area contributed by atoms with Crippen LogP contribution in [0.5, 0.6) is 5.75 Å². The molecule has 0 aliphatic heterocycles. The maximum Gasteiger partial charge on any atom is 0.122 e. The summed E-state index contributed by atoms with van der Waals surface area (Å²) in [6.07, 6.45) is 5.25. The molecule has 0 saturated carbocycles. The van der Waals surface area contributed by atoms with Gasteiger partial charge >= 0.3 is 0 Å². The highest BCUT2D eigenvalue weighted by Gasteiger charge is 2.05. The van der Waals surface area contributed by atoms with Crippen molar-refractivity contribution in [3.8, 4) is 5.75 Å². The van der Waals surface area contributed by atoms with Gasteiger partial charge in [-0.2, -0.15) is 0 Å². The SMILES string of the molecule is Cn1ccnc1CCOc1ccc(Cl)cc1CCN. The molecule has 0 unspecified atom stereocenters. The highest BCUT2D eigenvalue weighted by Crippen LogP contribution is 2.23. The maximum absolute atomic E-state index is 5.98. The summed E-state index contributed by atoms with van der Waals surface area (Å²) in [6.45, 7) is 1.17. The van der Waals surface area contributed by atoms with Crippen molar-refractivity contribution < 1.29 is 4.74 Å². The first kappa shape index (κ1) is 13.9. The molecule has 0 aliphatic carbocycles. The summed E-state index contributed by atoms with van der Waals surface area (Å²) >= 11 is 5.98. The highest BCUT2D eigenvalue weighted by atomic mass is 35.5. The molecular weight excluding hydrogens is 262 g/mol. The van der Waals surface area contributed by atoms with Crippen molar-refractivity contribution in [2.24, 2.45) is 12.8 Å². The average molecular weight is 280 g/mol. The minimum atomic E-state index is 0.579. The number of benzene rings is 1. The van der Waals surface area contributed by atoms with E-state index in [1.165, 1.54) is 0 Å². The molecule has 0 fully saturated rings. The van der Waals surface area contributed by atoms with Crippen LogP contribution in [-0.2, 0) is 19.9 Å². The van der Waals surface area contributed by atoms with Crippen molar-refractivity contribution in [1.82, 2.24) is 9.55 Å². The fourth-order valence-electron chi connectivity index (χ4n) is 1.93. The van der Waals surface area contributed by atoms with Gasteiger partial charge in [0.15, 0.2) is 0 Å². The molecule has 19 heavy (non-hydrogen) atoms. The van der Waals surface area contributed by atoms with Crippen molar-refractivity contribution in [2.75, 3.05) is 13.2 Å². The van der Waals surface area contributed by atoms with Gasteiger partial charge in [-0.25, -0.2) is 4.98 Å². The summed E-state index contributed by atoms with van der Waals surface area (Å²) in [4.78, 5) is 4.26. The number of aromatic nitrogens is 2. The van der Waals surface area contributed by atoms with E-state index in [1.54, 1.807) is 6.20 Å². The second-order valence-electron chi connectivity index (χ2n) is 4.34. The van der Waals surface area contributed by atoms with Gasteiger partial charge in [0, 0.05) is 30.9 Å². The molecular formula is C14H18ClN3O. The van der Waals surface area contributed by atoms with E-state index < -0.39 is 0 Å². The Morgan fingerprint density at radius 2 is 2.21 bits per heavy atom. The Bertz CT molecular complexity index is 539. The van der Waals surface area contributed by atoms with Crippen LogP contribution in [-0.4, -0.2) is 22.7 Å². The second kappa shape index (κ2) is 6.59. The van der Waals surface area contributed by atoms with E-state index in [-0.39, 0.29) is 0 Å². The number of rotatable bonds is 6. The smallest absolute Gasteiger partial charge is 0.122 e. The molecule has 2 rings (SSSR count). The first-order valence-corrected chi connectivity index (χ1v) is 6.66. The number of hydrogen-bond acceptors (Lipinski definition) is 3. The summed E-state index contributed by atoms with van der Waals surface area (Å²) in [5.74, 6) is 1.86. The van der Waals surface area contributed by atoms with Crippen molar-refractivity contribution in [1.29, 1.82) is 0 Å². The Morgan fingerprint density at radius 3 is 2.89 bits per heavy atom. The fraction of sp³-hybridized carbons (Fsp3) is 0.357. The van der Waals surface area contributed by atoms with Crippen LogP contribution in [0.15, 0.2) is 30.6 Å². The highest BCUT2D eigenvalue weighted by molar-refractivity contribution is 6.30. The molecule has 1 aromatic carbocycles. The summed E-state index contributed by atoms with van der Waals surface area (Å²) in [7, 11) is 1.98. The van der Waals surface area contributed by atoms with Crippen LogP contribution in [0.4, 0.5) is 0 Å². The van der Waals surface area contributed by atoms with E-state index in [4.69, 9.17) is 22.1 Å². The zero-order valence-corrected chi connectivity index (χ0v) is 11.7. The number of halogens is 1. The van der Waals surface area contributed by atoms with Gasteiger partial charge < -0.3 is 15.0 Å². The third-order valence-electron chi connectivity index (χ3n) is 2.94. The van der Waals surface area contributed by atoms with Gasteiger partial charge in [-0.05, 0) is 36.7 Å². The van der Waals surface area contributed by atoms with E-state index in [2.05, 4.69) is 4.98 Å². The second-order valence-corrected chi connectivity index (χ2v) is 4.78. The van der Waals surface area contributed by atoms with Crippen LogP contribution in [0.3, 0.4) is 0 Å². The van der Waals surface area contributed by atoms with E-state index in [1.807, 2.05) is 36.0 Å². The van der Waals surface area contributed by atoms with Crippen LogP contribution in [0.2, 0.25) is 5.02 Å². The minimum absolute atomic E-state index is 0.579. The number of nitrogens with zero attached hydrogens (tertiary/aromatic N) is 2. The molecule has 0 radical (unpaired) electrons. The lowest BCUT2D eigenvalue weighted by atomic mass is 10.1. The van der Waals surface area contributed by atoms with E-state index in [0.29, 0.717) is 18.2 Å². The van der Waals surface area contributed by atoms with Gasteiger partial charge in [-0.1, -0.05) is 11.6 Å². The molecule has 0 spiro atoms. The summed E-state index contributed by atoms with van der Waals surface area (Å²) < 4.78 is 7.80. The maximum atomic E-state index is 5.98. The number of hydrogen-bond donors (Lipinski definition) is 1. The van der Waals surface area contributed by atoms with Gasteiger partial charge in [0.1, 0.15) is 11.6 Å². The third kappa shape index (κ3) is 3.72. The van der Waals surface area contributed by atoms with Crippen LogP contribution in [0.1, 0.15) is 11.4 Å². The lowest BCUT2D eigenvalue weighted by Gasteiger charge is -2.11. The molecule has 0 amide bonds. The molecule has 1 heterocycles. The molecule has 5 heteroatoms. The quantitative estimate of drug-likeness (QED) is 0.882. The molecule has 0 atom stereocenters. The lowest BCUT2D eigenvalue weighted by molar-refractivity contribution is 0.314. The normalized spacial score (nSPS) is 10.7. The van der Waals surface area contributed by atoms with E-state index >= 15 is 0 Å². The van der Waals surface area contributed by atoms with Crippen molar-refractivity contribution in [3.63, 3.8) is 0 Å². The molecule has 2 aromatic rings. The number of imidazole rings is 1. The van der Waals surface area contributed by atoms with Gasteiger partial charge in [-0.3, -0.25) is 0 Å². The van der Waals surface area contributed by atoms with Gasteiger partial charge in [0.2, 0.25) is 0 Å². The van der Waals surface area contributed by atoms with E-state index in [0.717, 1.165) is 30.0 Å². The number of ether oxygens (including phenoxy) is 1. The number of nitrogens with two attached hydrogens (primary N) is 1. The minimum Gasteiger partial charge on any atom is -0.493 e. The summed E-state index contributed by atoms with van der Waals surface area (Å²) in [6, 6.07) is 5.63. The van der Waals surface area contributed by atoms with Crippen LogP contribution in [0.25, 0.3) is 0 Å². The van der Waals surface area contributed by atoms with Crippen LogP contribution >= 0.6 is 11.6 Å². The topological polar surface area (TPSA) is 53.1 Å². The Morgan fingerprint density at radius 1 is 1.37 bits per heavy atom. The first-order chi connectivity index (χ1) is 9.20. The molecule has 102 valence electrons. The van der Waals surface area contributed by atoms with Gasteiger partial charge in [0.25, 0.3) is 0 Å². The Labute approximate surface area is 118 Å². The van der Waals surface area contributed by atoms with Crippen LogP contribution < -0.4 is 10.5 Å². The van der Waals surface area contributed by atoms with Gasteiger partial charge in [0.05, 0.1) is 6.61 Å². The molecule has 4 nitrogen and oxygen atoms in total. The Balaban J connectivity index is 1.97. The van der Waals surface area contributed by atoms with Crippen LogP contribution in [0, 0.1) is 0 Å². The van der Waals surface area contributed by atoms with E-state index in [9.17, 15) is 0 Å². The molecule has 1 aromatic heterocycles. The zero-order valence-electron chi connectivity index (χ0n) is 11.0.